The molecule has 2 aromatic rings. The Morgan fingerprint density at radius 1 is 1.31 bits per heavy atom. The number of halogens is 1. The van der Waals surface area contributed by atoms with Crippen molar-refractivity contribution in [1.82, 2.24) is 4.98 Å². The van der Waals surface area contributed by atoms with E-state index in [4.69, 9.17) is 14.2 Å². The molecule has 3 rings (SSSR count). The third-order valence-electron chi connectivity index (χ3n) is 4.35. The van der Waals surface area contributed by atoms with E-state index in [-0.39, 0.29) is 11.9 Å². The van der Waals surface area contributed by atoms with Crippen molar-refractivity contribution in [3.05, 3.63) is 47.3 Å². The summed E-state index contributed by atoms with van der Waals surface area (Å²) in [4.78, 5) is 18.9. The number of fused-ring (bicyclic) bond motifs is 1. The Bertz CT molecular complexity index is 878. The predicted octanol–water partition coefficient (Wildman–Crippen LogP) is 4.73. The van der Waals surface area contributed by atoms with Gasteiger partial charge in [-0.25, -0.2) is 9.18 Å². The normalized spacial score (nSPS) is 16.1. The number of hydrogen-bond acceptors (Lipinski definition) is 5. The first-order valence-electron chi connectivity index (χ1n) is 9.74. The van der Waals surface area contributed by atoms with Gasteiger partial charge in [0.15, 0.2) is 0 Å². The molecule has 0 unspecified atom stereocenters. The third-order valence-corrected chi connectivity index (χ3v) is 4.35. The van der Waals surface area contributed by atoms with Crippen LogP contribution in [0.1, 0.15) is 45.7 Å². The topological polar surface area (TPSA) is 60.9 Å². The van der Waals surface area contributed by atoms with Gasteiger partial charge >= 0.3 is 6.09 Å². The molecular formula is C22H27FN2O4. The van der Waals surface area contributed by atoms with E-state index < -0.39 is 11.7 Å². The summed E-state index contributed by atoms with van der Waals surface area (Å²) in [6, 6.07) is 7.90. The zero-order chi connectivity index (χ0) is 21.2. The summed E-state index contributed by atoms with van der Waals surface area (Å²) in [5.74, 6) is 0.482. The molecule has 156 valence electrons. The average Bonchev–Trinajstić information content (AvgIpc) is 2.63. The van der Waals surface area contributed by atoms with Crippen LogP contribution in [-0.2, 0) is 11.2 Å². The summed E-state index contributed by atoms with van der Waals surface area (Å²) >= 11 is 0. The quantitative estimate of drug-likeness (QED) is 0.740. The highest BCUT2D eigenvalue weighted by Gasteiger charge is 2.35. The second kappa shape index (κ2) is 8.27. The Morgan fingerprint density at radius 2 is 2.00 bits per heavy atom. The first kappa shape index (κ1) is 20.9. The smallest absolute Gasteiger partial charge is 0.415 e. The number of pyridine rings is 1. The van der Waals surface area contributed by atoms with Crippen LogP contribution in [0.4, 0.5) is 14.9 Å². The molecule has 1 aromatic heterocycles. The fourth-order valence-corrected chi connectivity index (χ4v) is 3.10. The van der Waals surface area contributed by atoms with Crippen LogP contribution < -0.4 is 14.4 Å². The lowest BCUT2D eigenvalue weighted by atomic mass is 10.0. The van der Waals surface area contributed by atoms with Crippen LogP contribution in [0.5, 0.6) is 11.8 Å². The van der Waals surface area contributed by atoms with Crippen molar-refractivity contribution in [1.29, 1.82) is 0 Å². The van der Waals surface area contributed by atoms with Crippen molar-refractivity contribution in [2.75, 3.05) is 18.1 Å². The molecule has 1 atom stereocenters. The van der Waals surface area contributed by atoms with Crippen LogP contribution >= 0.6 is 0 Å². The molecule has 0 saturated heterocycles. The molecule has 2 heterocycles. The Morgan fingerprint density at radius 3 is 2.62 bits per heavy atom. The molecule has 1 aliphatic rings. The lowest BCUT2D eigenvalue weighted by molar-refractivity contribution is 0.0546. The molecule has 0 spiro atoms. The van der Waals surface area contributed by atoms with E-state index in [1.807, 2.05) is 40.7 Å². The summed E-state index contributed by atoms with van der Waals surface area (Å²) in [5, 5.41) is 0. The van der Waals surface area contributed by atoms with Crippen LogP contribution in [-0.4, -0.2) is 35.9 Å². The highest BCUT2D eigenvalue weighted by molar-refractivity contribution is 5.91. The third kappa shape index (κ3) is 4.96. The number of ether oxygens (including phenoxy) is 3. The van der Waals surface area contributed by atoms with E-state index in [1.165, 1.54) is 12.1 Å². The van der Waals surface area contributed by atoms with Gasteiger partial charge in [0, 0.05) is 12.0 Å². The number of rotatable bonds is 4. The number of hydrogen-bond donors (Lipinski definition) is 0. The Labute approximate surface area is 170 Å². The lowest BCUT2D eigenvalue weighted by Gasteiger charge is -2.35. The van der Waals surface area contributed by atoms with Crippen molar-refractivity contribution in [2.24, 2.45) is 0 Å². The number of carbonyl (C=O) groups is 1. The van der Waals surface area contributed by atoms with E-state index in [2.05, 4.69) is 4.98 Å². The molecule has 0 fully saturated rings. The van der Waals surface area contributed by atoms with Gasteiger partial charge < -0.3 is 14.2 Å². The summed E-state index contributed by atoms with van der Waals surface area (Å²) in [6.07, 6.45) is 0.0279. The molecule has 7 heteroatoms. The number of benzene rings is 1. The predicted molar refractivity (Wildman–Crippen MR) is 108 cm³/mol. The highest BCUT2D eigenvalue weighted by atomic mass is 19.1. The molecule has 1 amide bonds. The minimum atomic E-state index is -0.620. The van der Waals surface area contributed by atoms with Gasteiger partial charge in [-0.05, 0) is 58.4 Å². The number of nitrogens with zero attached hydrogens (tertiary/aromatic N) is 2. The van der Waals surface area contributed by atoms with Gasteiger partial charge in [-0.15, -0.1) is 0 Å². The summed E-state index contributed by atoms with van der Waals surface area (Å²) in [5.41, 5.74) is 1.61. The maximum absolute atomic E-state index is 13.3. The molecule has 1 aromatic carbocycles. The summed E-state index contributed by atoms with van der Waals surface area (Å²) in [7, 11) is 0. The fraction of sp³-hybridized carbons (Fsp3) is 0.455. The number of carbonyl (C=O) groups excluding carboxylic acids is 1. The molecule has 0 radical (unpaired) electrons. The fourth-order valence-electron chi connectivity index (χ4n) is 3.10. The first-order chi connectivity index (χ1) is 13.7. The van der Waals surface area contributed by atoms with Gasteiger partial charge in [-0.1, -0.05) is 12.1 Å². The average molecular weight is 402 g/mol. The van der Waals surface area contributed by atoms with Gasteiger partial charge in [-0.3, -0.25) is 4.90 Å². The summed E-state index contributed by atoms with van der Waals surface area (Å²) < 4.78 is 30.3. The molecule has 0 bridgehead atoms. The van der Waals surface area contributed by atoms with E-state index in [0.717, 1.165) is 11.1 Å². The zero-order valence-electron chi connectivity index (χ0n) is 17.5. The van der Waals surface area contributed by atoms with Gasteiger partial charge in [-0.2, -0.15) is 4.98 Å². The lowest BCUT2D eigenvalue weighted by Crippen LogP contribution is -2.47. The van der Waals surface area contributed by atoms with Crippen molar-refractivity contribution in [3.8, 4) is 11.8 Å². The van der Waals surface area contributed by atoms with Crippen molar-refractivity contribution in [3.63, 3.8) is 0 Å². The van der Waals surface area contributed by atoms with Crippen LogP contribution in [0.25, 0.3) is 0 Å². The second-order valence-corrected chi connectivity index (χ2v) is 8.02. The number of amides is 1. The molecule has 1 aliphatic heterocycles. The van der Waals surface area contributed by atoms with Gasteiger partial charge in [0.1, 0.15) is 23.7 Å². The molecule has 29 heavy (non-hydrogen) atoms. The van der Waals surface area contributed by atoms with Crippen LogP contribution in [0, 0.1) is 5.82 Å². The molecule has 6 nitrogen and oxygen atoms in total. The first-order valence-corrected chi connectivity index (χ1v) is 9.74. The Kier molecular flexibility index (Phi) is 5.96. The van der Waals surface area contributed by atoms with Crippen LogP contribution in [0.15, 0.2) is 30.3 Å². The summed E-state index contributed by atoms with van der Waals surface area (Å²) in [6.45, 7) is 9.99. The van der Waals surface area contributed by atoms with Crippen molar-refractivity contribution < 1.29 is 23.4 Å². The maximum atomic E-state index is 13.3. The van der Waals surface area contributed by atoms with E-state index in [1.54, 1.807) is 17.0 Å². The molecule has 0 saturated carbocycles. The van der Waals surface area contributed by atoms with E-state index in [0.29, 0.717) is 37.1 Å². The van der Waals surface area contributed by atoms with E-state index in [9.17, 15) is 9.18 Å². The highest BCUT2D eigenvalue weighted by Crippen LogP contribution is 2.38. The SMILES string of the molecule is CCOc1nc2c(cc1Cc1ccc(F)cc1)N(C(=O)OC(C)(C)C)[C@@H](C)CO2. The zero-order valence-corrected chi connectivity index (χ0v) is 17.5. The van der Waals surface area contributed by atoms with Gasteiger partial charge in [0.2, 0.25) is 11.8 Å². The minimum absolute atomic E-state index is 0.212. The number of aromatic nitrogens is 1. The van der Waals surface area contributed by atoms with E-state index >= 15 is 0 Å². The largest absolute Gasteiger partial charge is 0.478 e. The monoisotopic (exact) mass is 402 g/mol. The standard InChI is InChI=1S/C22H27FN2O4/c1-6-27-19-16(11-15-7-9-17(23)10-8-15)12-18-20(24-19)28-13-14(2)25(18)21(26)29-22(3,4)5/h7-10,12,14H,6,11,13H2,1-5H3/t14-/m0/s1. The Balaban J connectivity index is 2.01. The maximum Gasteiger partial charge on any atom is 0.415 e. The molecular weight excluding hydrogens is 375 g/mol. The molecule has 0 N–H and O–H groups in total. The van der Waals surface area contributed by atoms with Crippen molar-refractivity contribution >= 4 is 11.8 Å². The van der Waals surface area contributed by atoms with Crippen molar-refractivity contribution in [2.45, 2.75) is 52.7 Å². The second-order valence-electron chi connectivity index (χ2n) is 8.02. The van der Waals surface area contributed by atoms with Crippen LogP contribution in [0.2, 0.25) is 0 Å². The molecule has 0 aliphatic carbocycles. The minimum Gasteiger partial charge on any atom is -0.478 e. The van der Waals surface area contributed by atoms with Gasteiger partial charge in [0.05, 0.1) is 12.6 Å². The van der Waals surface area contributed by atoms with Crippen LogP contribution in [0.3, 0.4) is 0 Å². The Hall–Kier alpha value is -2.83. The van der Waals surface area contributed by atoms with Gasteiger partial charge in [0.25, 0.3) is 0 Å². The number of anilines is 1.